The predicted octanol–water partition coefficient (Wildman–Crippen LogP) is 4.75. The van der Waals surface area contributed by atoms with Gasteiger partial charge in [-0.05, 0) is 24.3 Å². The van der Waals surface area contributed by atoms with Gasteiger partial charge in [0.25, 0.3) is 5.91 Å². The van der Waals surface area contributed by atoms with E-state index in [2.05, 4.69) is 10.3 Å². The molecule has 0 spiro atoms. The van der Waals surface area contributed by atoms with E-state index in [1.165, 1.54) is 0 Å². The molecule has 0 unspecified atom stereocenters. The number of hydrogen-bond acceptors (Lipinski definition) is 3. The van der Waals surface area contributed by atoms with Crippen LogP contribution in [0.4, 0.5) is 5.69 Å². The van der Waals surface area contributed by atoms with E-state index >= 15 is 0 Å². The zero-order valence-electron chi connectivity index (χ0n) is 14.8. The number of anilines is 1. The van der Waals surface area contributed by atoms with Gasteiger partial charge in [-0.15, -0.1) is 5.10 Å². The van der Waals surface area contributed by atoms with Crippen molar-refractivity contribution in [3.05, 3.63) is 95.1 Å². The highest BCUT2D eigenvalue weighted by molar-refractivity contribution is 6.34. The standard InChI is InChI=1S/C22H15ClN4O/c23-17-11-5-7-13-19(17)26-14-20-21(15-8-2-1-3-9-15)24-25-27(20)18-12-6-4-10-16(18)22(26)28/h1-13H,14H2. The average molecular weight is 387 g/mol. The predicted molar refractivity (Wildman–Crippen MR) is 109 cm³/mol. The maximum atomic E-state index is 13.4. The van der Waals surface area contributed by atoms with Crippen molar-refractivity contribution in [2.75, 3.05) is 4.90 Å². The molecule has 0 radical (unpaired) electrons. The second-order valence-electron chi connectivity index (χ2n) is 6.52. The summed E-state index contributed by atoms with van der Waals surface area (Å²) in [5, 5.41) is 9.32. The fourth-order valence-electron chi connectivity index (χ4n) is 3.53. The van der Waals surface area contributed by atoms with Gasteiger partial charge in [0.15, 0.2) is 0 Å². The van der Waals surface area contributed by atoms with Crippen LogP contribution < -0.4 is 4.90 Å². The third-order valence-electron chi connectivity index (χ3n) is 4.87. The van der Waals surface area contributed by atoms with Gasteiger partial charge in [-0.3, -0.25) is 4.79 Å². The maximum Gasteiger partial charge on any atom is 0.260 e. The molecule has 6 heteroatoms. The van der Waals surface area contributed by atoms with Gasteiger partial charge >= 0.3 is 0 Å². The number of hydrogen-bond donors (Lipinski definition) is 0. The van der Waals surface area contributed by atoms with Crippen molar-refractivity contribution in [1.82, 2.24) is 15.0 Å². The first-order valence-electron chi connectivity index (χ1n) is 8.90. The van der Waals surface area contributed by atoms with E-state index < -0.39 is 0 Å². The Balaban J connectivity index is 1.76. The summed E-state index contributed by atoms with van der Waals surface area (Å²) in [4.78, 5) is 15.1. The lowest BCUT2D eigenvalue weighted by Crippen LogP contribution is -2.29. The normalized spacial score (nSPS) is 13.0. The minimum atomic E-state index is -0.117. The number of carbonyl (C=O) groups excluding carboxylic acids is 1. The molecule has 1 amide bonds. The van der Waals surface area contributed by atoms with Crippen molar-refractivity contribution >= 4 is 23.2 Å². The van der Waals surface area contributed by atoms with E-state index in [9.17, 15) is 4.79 Å². The zero-order chi connectivity index (χ0) is 19.1. The lowest BCUT2D eigenvalue weighted by molar-refractivity contribution is 0.0986. The number of halogens is 1. The van der Waals surface area contributed by atoms with Gasteiger partial charge in [0.2, 0.25) is 0 Å². The summed E-state index contributed by atoms with van der Waals surface area (Å²) in [5.74, 6) is -0.117. The van der Waals surface area contributed by atoms with E-state index in [0.29, 0.717) is 28.5 Å². The fourth-order valence-corrected chi connectivity index (χ4v) is 3.77. The molecule has 1 aliphatic heterocycles. The molecule has 2 heterocycles. The highest BCUT2D eigenvalue weighted by Gasteiger charge is 2.31. The molecular formula is C22H15ClN4O. The van der Waals surface area contributed by atoms with Gasteiger partial charge in [0, 0.05) is 5.56 Å². The van der Waals surface area contributed by atoms with E-state index in [4.69, 9.17) is 11.6 Å². The molecule has 3 aromatic carbocycles. The van der Waals surface area contributed by atoms with Gasteiger partial charge in [-0.2, -0.15) is 0 Å². The van der Waals surface area contributed by atoms with Crippen LogP contribution in [0, 0.1) is 0 Å². The van der Waals surface area contributed by atoms with Crippen molar-refractivity contribution < 1.29 is 4.79 Å². The van der Waals surface area contributed by atoms with E-state index in [-0.39, 0.29) is 5.91 Å². The van der Waals surface area contributed by atoms with Crippen LogP contribution in [0.5, 0.6) is 0 Å². The van der Waals surface area contributed by atoms with Crippen LogP contribution in [0.3, 0.4) is 0 Å². The van der Waals surface area contributed by atoms with E-state index in [0.717, 1.165) is 17.0 Å². The van der Waals surface area contributed by atoms with Crippen molar-refractivity contribution in [3.63, 3.8) is 0 Å². The van der Waals surface area contributed by atoms with Crippen LogP contribution in [-0.2, 0) is 6.54 Å². The quantitative estimate of drug-likeness (QED) is 0.499. The van der Waals surface area contributed by atoms with Crippen LogP contribution in [0.25, 0.3) is 16.9 Å². The first-order chi connectivity index (χ1) is 13.7. The summed E-state index contributed by atoms with van der Waals surface area (Å²) in [6.07, 6.45) is 0. The van der Waals surface area contributed by atoms with Crippen molar-refractivity contribution in [1.29, 1.82) is 0 Å². The number of amides is 1. The lowest BCUT2D eigenvalue weighted by atomic mass is 10.1. The Bertz CT molecular complexity index is 1190. The maximum absolute atomic E-state index is 13.4. The summed E-state index contributed by atoms with van der Waals surface area (Å²) in [7, 11) is 0. The summed E-state index contributed by atoms with van der Waals surface area (Å²) >= 11 is 6.43. The lowest BCUT2D eigenvalue weighted by Gasteiger charge is -2.22. The number of rotatable bonds is 2. The van der Waals surface area contributed by atoms with Crippen molar-refractivity contribution in [3.8, 4) is 16.9 Å². The Morgan fingerprint density at radius 2 is 1.50 bits per heavy atom. The molecule has 4 aromatic rings. The van der Waals surface area contributed by atoms with Gasteiger partial charge < -0.3 is 4.90 Å². The Labute approximate surface area is 166 Å². The third-order valence-corrected chi connectivity index (χ3v) is 5.19. The SMILES string of the molecule is O=C1c2ccccc2-n2nnc(-c3ccccc3)c2CN1c1ccccc1Cl. The van der Waals surface area contributed by atoms with Crippen LogP contribution in [0.2, 0.25) is 5.02 Å². The second kappa shape index (κ2) is 6.62. The Hall–Kier alpha value is -3.44. The van der Waals surface area contributed by atoms with Crippen LogP contribution in [0.1, 0.15) is 16.1 Å². The highest BCUT2D eigenvalue weighted by atomic mass is 35.5. The second-order valence-corrected chi connectivity index (χ2v) is 6.93. The molecule has 5 rings (SSSR count). The number of fused-ring (bicyclic) bond motifs is 3. The average Bonchev–Trinajstić information content (AvgIpc) is 3.11. The number of carbonyl (C=O) groups is 1. The fraction of sp³-hybridized carbons (Fsp3) is 0.0455. The highest BCUT2D eigenvalue weighted by Crippen LogP contribution is 2.34. The monoisotopic (exact) mass is 386 g/mol. The summed E-state index contributed by atoms with van der Waals surface area (Å²) in [5.41, 5.74) is 4.48. The molecule has 0 aliphatic carbocycles. The molecule has 28 heavy (non-hydrogen) atoms. The van der Waals surface area contributed by atoms with Crippen LogP contribution in [0.15, 0.2) is 78.9 Å². The first kappa shape index (κ1) is 16.7. The molecule has 0 fully saturated rings. The van der Waals surface area contributed by atoms with E-state index in [1.54, 1.807) is 21.7 Å². The molecule has 1 aromatic heterocycles. The van der Waals surface area contributed by atoms with Gasteiger partial charge in [-0.1, -0.05) is 71.4 Å². The zero-order valence-corrected chi connectivity index (χ0v) is 15.5. The van der Waals surface area contributed by atoms with Gasteiger partial charge in [-0.25, -0.2) is 4.68 Å². The largest absolute Gasteiger partial charge is 0.301 e. The summed E-state index contributed by atoms with van der Waals surface area (Å²) < 4.78 is 1.76. The number of para-hydroxylation sites is 2. The third kappa shape index (κ3) is 2.60. The van der Waals surface area contributed by atoms with Gasteiger partial charge in [0.05, 0.1) is 34.2 Å². The minimum Gasteiger partial charge on any atom is -0.301 e. The smallest absolute Gasteiger partial charge is 0.260 e. The molecule has 5 nitrogen and oxygen atoms in total. The van der Waals surface area contributed by atoms with Crippen LogP contribution in [-0.4, -0.2) is 20.9 Å². The Morgan fingerprint density at radius 3 is 2.29 bits per heavy atom. The molecule has 0 N–H and O–H groups in total. The number of aromatic nitrogens is 3. The molecular weight excluding hydrogens is 372 g/mol. The molecule has 0 atom stereocenters. The number of benzene rings is 3. The van der Waals surface area contributed by atoms with Crippen molar-refractivity contribution in [2.24, 2.45) is 0 Å². The Morgan fingerprint density at radius 1 is 0.821 bits per heavy atom. The first-order valence-corrected chi connectivity index (χ1v) is 9.27. The summed E-state index contributed by atoms with van der Waals surface area (Å²) in [6.45, 7) is 0.314. The van der Waals surface area contributed by atoms with E-state index in [1.807, 2.05) is 66.7 Å². The molecule has 136 valence electrons. The molecule has 0 bridgehead atoms. The van der Waals surface area contributed by atoms with Gasteiger partial charge in [0.1, 0.15) is 5.69 Å². The summed E-state index contributed by atoms with van der Waals surface area (Å²) in [6, 6.07) is 24.7. The minimum absolute atomic E-state index is 0.117. The van der Waals surface area contributed by atoms with Crippen molar-refractivity contribution in [2.45, 2.75) is 6.54 Å². The molecule has 0 saturated carbocycles. The molecule has 1 aliphatic rings. The Kier molecular flexibility index (Phi) is 3.95. The number of nitrogens with zero attached hydrogens (tertiary/aromatic N) is 4. The molecule has 0 saturated heterocycles. The topological polar surface area (TPSA) is 51.0 Å². The van der Waals surface area contributed by atoms with Crippen LogP contribution >= 0.6 is 11.6 Å².